The van der Waals surface area contributed by atoms with E-state index in [1.165, 1.54) is 29.8 Å². The fourth-order valence-electron chi connectivity index (χ4n) is 3.81. The Morgan fingerprint density at radius 1 is 1.38 bits per heavy atom. The molecule has 5 nitrogen and oxygen atoms in total. The van der Waals surface area contributed by atoms with E-state index in [9.17, 15) is 9.18 Å². The van der Waals surface area contributed by atoms with E-state index in [1.54, 1.807) is 6.07 Å². The average Bonchev–Trinajstić information content (AvgIpc) is 3.09. The summed E-state index contributed by atoms with van der Waals surface area (Å²) in [7, 11) is 0. The third-order valence-electron chi connectivity index (χ3n) is 5.17. The summed E-state index contributed by atoms with van der Waals surface area (Å²) in [5, 5.41) is 3.51. The van der Waals surface area contributed by atoms with Crippen molar-refractivity contribution in [2.45, 2.75) is 31.8 Å². The molecule has 0 saturated carbocycles. The third kappa shape index (κ3) is 2.71. The maximum absolute atomic E-state index is 13.8. The number of pyridine rings is 1. The quantitative estimate of drug-likeness (QED) is 0.928. The summed E-state index contributed by atoms with van der Waals surface area (Å²) < 4.78 is 13.8. The van der Waals surface area contributed by atoms with Gasteiger partial charge in [0.15, 0.2) is 5.01 Å². The van der Waals surface area contributed by atoms with Gasteiger partial charge in [-0.15, -0.1) is 11.3 Å². The van der Waals surface area contributed by atoms with E-state index in [1.807, 2.05) is 0 Å². The van der Waals surface area contributed by atoms with Crippen molar-refractivity contribution in [3.8, 4) is 10.6 Å². The number of thiazole rings is 1. The Bertz CT molecular complexity index is 755. The first kappa shape index (κ1) is 15.7. The largest absolute Gasteiger partial charge is 0.345 e. The van der Waals surface area contributed by atoms with Crippen molar-refractivity contribution in [3.05, 3.63) is 35.4 Å². The number of amides is 1. The van der Waals surface area contributed by atoms with Gasteiger partial charge in [-0.2, -0.15) is 0 Å². The van der Waals surface area contributed by atoms with Gasteiger partial charge in [0.1, 0.15) is 11.5 Å². The molecule has 2 atom stereocenters. The van der Waals surface area contributed by atoms with Gasteiger partial charge in [0, 0.05) is 24.5 Å². The number of hydrogen-bond donors (Lipinski definition) is 1. The highest BCUT2D eigenvalue weighted by molar-refractivity contribution is 7.16. The van der Waals surface area contributed by atoms with Crippen LogP contribution in [0, 0.1) is 11.7 Å². The van der Waals surface area contributed by atoms with Crippen molar-refractivity contribution in [1.29, 1.82) is 0 Å². The number of piperidine rings is 3. The van der Waals surface area contributed by atoms with Gasteiger partial charge in [0.05, 0.1) is 4.88 Å². The molecule has 24 heavy (non-hydrogen) atoms. The lowest BCUT2D eigenvalue weighted by atomic mass is 9.79. The first-order valence-corrected chi connectivity index (χ1v) is 9.07. The summed E-state index contributed by atoms with van der Waals surface area (Å²) in [4.78, 5) is 23.8. The molecule has 126 valence electrons. The molecule has 2 aromatic heterocycles. The highest BCUT2D eigenvalue weighted by atomic mass is 32.1. The number of fused-ring (bicyclic) bond motifs is 3. The maximum atomic E-state index is 13.8. The Balaban J connectivity index is 1.51. The molecular weight excluding hydrogens is 327 g/mol. The lowest BCUT2D eigenvalue weighted by Gasteiger charge is -2.49. The molecule has 3 aliphatic rings. The number of halogens is 1. The van der Waals surface area contributed by atoms with Crippen LogP contribution in [0.15, 0.2) is 24.5 Å². The van der Waals surface area contributed by atoms with Crippen molar-refractivity contribution < 1.29 is 9.18 Å². The molecule has 0 unspecified atom stereocenters. The van der Waals surface area contributed by atoms with Gasteiger partial charge < -0.3 is 5.32 Å². The number of carbonyl (C=O) groups is 1. The molecule has 3 aliphatic heterocycles. The molecule has 7 heteroatoms. The maximum Gasteiger partial charge on any atom is 0.280 e. The molecule has 5 heterocycles. The molecular formula is C17H19FN4OS. The van der Waals surface area contributed by atoms with E-state index in [4.69, 9.17) is 0 Å². The number of nitrogens with one attached hydrogen (secondary N) is 1. The second-order valence-corrected chi connectivity index (χ2v) is 7.51. The molecule has 3 fully saturated rings. The smallest absolute Gasteiger partial charge is 0.280 e. The van der Waals surface area contributed by atoms with Crippen molar-refractivity contribution >= 4 is 17.2 Å². The predicted molar refractivity (Wildman–Crippen MR) is 90.3 cm³/mol. The highest BCUT2D eigenvalue weighted by Crippen LogP contribution is 2.33. The predicted octanol–water partition coefficient (Wildman–Crippen LogP) is 2.56. The van der Waals surface area contributed by atoms with E-state index in [-0.39, 0.29) is 17.6 Å². The molecule has 0 radical (unpaired) electrons. The van der Waals surface area contributed by atoms with Gasteiger partial charge in [-0.1, -0.05) is 0 Å². The van der Waals surface area contributed by atoms with E-state index in [0.29, 0.717) is 21.8 Å². The van der Waals surface area contributed by atoms with Crippen LogP contribution in [0.4, 0.5) is 4.39 Å². The minimum absolute atomic E-state index is 0.166. The fraction of sp³-hybridized carbons (Fsp3) is 0.471. The van der Waals surface area contributed by atoms with E-state index < -0.39 is 5.82 Å². The monoisotopic (exact) mass is 346 g/mol. The van der Waals surface area contributed by atoms with Crippen LogP contribution in [0.25, 0.3) is 10.6 Å². The van der Waals surface area contributed by atoms with Gasteiger partial charge in [0.2, 0.25) is 0 Å². The number of hydrogen-bond acceptors (Lipinski definition) is 5. The van der Waals surface area contributed by atoms with E-state index >= 15 is 0 Å². The third-order valence-corrected chi connectivity index (χ3v) is 6.17. The van der Waals surface area contributed by atoms with Crippen LogP contribution in [0.3, 0.4) is 0 Å². The molecule has 0 aliphatic carbocycles. The van der Waals surface area contributed by atoms with Gasteiger partial charge in [-0.3, -0.25) is 14.7 Å². The summed E-state index contributed by atoms with van der Waals surface area (Å²) in [6.07, 6.45) is 5.33. The van der Waals surface area contributed by atoms with Crippen LogP contribution >= 0.6 is 11.3 Å². The number of rotatable bonds is 3. The minimum atomic E-state index is -0.404. The molecule has 0 spiro atoms. The van der Waals surface area contributed by atoms with E-state index in [0.717, 1.165) is 25.9 Å². The Hall–Kier alpha value is -1.86. The lowest BCUT2D eigenvalue weighted by Crippen LogP contribution is -2.62. The van der Waals surface area contributed by atoms with Crippen LogP contribution in [-0.4, -0.2) is 45.9 Å². The number of aromatic nitrogens is 2. The first-order valence-electron chi connectivity index (χ1n) is 8.25. The zero-order valence-electron chi connectivity index (χ0n) is 13.4. The Morgan fingerprint density at radius 3 is 2.88 bits per heavy atom. The van der Waals surface area contributed by atoms with Crippen molar-refractivity contribution in [2.75, 3.05) is 13.1 Å². The molecule has 2 bridgehead atoms. The zero-order valence-corrected chi connectivity index (χ0v) is 14.2. The molecule has 2 aromatic rings. The Kier molecular flexibility index (Phi) is 4.05. The second-order valence-electron chi connectivity index (χ2n) is 6.48. The van der Waals surface area contributed by atoms with Crippen LogP contribution in [0.2, 0.25) is 0 Å². The van der Waals surface area contributed by atoms with Gasteiger partial charge in [-0.25, -0.2) is 9.37 Å². The topological polar surface area (TPSA) is 58.1 Å². The van der Waals surface area contributed by atoms with Gasteiger partial charge in [-0.05, 0) is 50.9 Å². The number of carbonyl (C=O) groups excluding carboxylic acids is 1. The Labute approximate surface area is 143 Å². The fourth-order valence-corrected chi connectivity index (χ4v) is 4.63. The zero-order chi connectivity index (χ0) is 16.7. The van der Waals surface area contributed by atoms with Gasteiger partial charge in [0.25, 0.3) is 5.91 Å². The Morgan fingerprint density at radius 2 is 2.17 bits per heavy atom. The van der Waals surface area contributed by atoms with Crippen LogP contribution < -0.4 is 5.32 Å². The van der Waals surface area contributed by atoms with Crippen LogP contribution in [0.1, 0.15) is 29.6 Å². The van der Waals surface area contributed by atoms with Crippen molar-refractivity contribution in [2.24, 2.45) is 5.92 Å². The molecule has 1 amide bonds. The SMILES string of the molecule is C[C@H]1[C@H](NC(=O)c2ncc(-c3ncccc3F)s2)C2CCN1CC2. The number of nitrogens with zero attached hydrogens (tertiary/aromatic N) is 3. The average molecular weight is 346 g/mol. The standard InChI is InChI=1S/C17H19FN4OS/c1-10-14(11-4-7-22(10)8-5-11)21-16(23)17-20-9-13(24-17)15-12(18)3-2-6-19-15/h2-3,6,9-11,14H,4-5,7-8H2,1H3,(H,21,23)/t10-,14-/m0/s1. The normalized spacial score (nSPS) is 28.8. The van der Waals surface area contributed by atoms with Gasteiger partial charge >= 0.3 is 0 Å². The summed E-state index contributed by atoms with van der Waals surface area (Å²) in [6.45, 7) is 4.42. The van der Waals surface area contributed by atoms with Crippen LogP contribution in [-0.2, 0) is 0 Å². The highest BCUT2D eigenvalue weighted by Gasteiger charge is 2.40. The van der Waals surface area contributed by atoms with Crippen LogP contribution in [0.5, 0.6) is 0 Å². The minimum Gasteiger partial charge on any atom is -0.345 e. The van der Waals surface area contributed by atoms with Crippen molar-refractivity contribution in [3.63, 3.8) is 0 Å². The summed E-state index contributed by atoms with van der Waals surface area (Å²) in [5.41, 5.74) is 0.241. The second kappa shape index (κ2) is 6.22. The summed E-state index contributed by atoms with van der Waals surface area (Å²) in [5.74, 6) is -0.0334. The molecule has 1 N–H and O–H groups in total. The summed E-state index contributed by atoms with van der Waals surface area (Å²) >= 11 is 1.18. The first-order chi connectivity index (χ1) is 11.6. The van der Waals surface area contributed by atoms with Crippen molar-refractivity contribution in [1.82, 2.24) is 20.2 Å². The molecule has 5 rings (SSSR count). The lowest BCUT2D eigenvalue weighted by molar-refractivity contribution is 0.0217. The molecule has 3 saturated heterocycles. The van der Waals surface area contributed by atoms with E-state index in [2.05, 4.69) is 27.1 Å². The molecule has 0 aromatic carbocycles. The summed E-state index contributed by atoms with van der Waals surface area (Å²) in [6, 6.07) is 3.42.